The molecule has 4 rings (SSSR count). The zero-order valence-corrected chi connectivity index (χ0v) is 22.3. The molecule has 0 N–H and O–H groups in total. The molecular formula is C24H29N7O5S. The van der Waals surface area contributed by atoms with Crippen molar-refractivity contribution >= 4 is 9.84 Å². The highest BCUT2D eigenvalue weighted by atomic mass is 32.2. The highest BCUT2D eigenvalue weighted by Gasteiger charge is 2.33. The molecule has 4 aromatic rings. The summed E-state index contributed by atoms with van der Waals surface area (Å²) in [7, 11) is 2.60. The van der Waals surface area contributed by atoms with E-state index in [0.29, 0.717) is 40.3 Å². The Morgan fingerprint density at radius 2 is 1.59 bits per heavy atom. The van der Waals surface area contributed by atoms with Crippen molar-refractivity contribution in [2.45, 2.75) is 30.8 Å². The molecule has 0 aliphatic heterocycles. The third-order valence-corrected chi connectivity index (χ3v) is 8.39. The Morgan fingerprint density at radius 1 is 0.946 bits per heavy atom. The number of aryl methyl sites for hydroxylation is 1. The number of rotatable bonds is 10. The van der Waals surface area contributed by atoms with Crippen molar-refractivity contribution in [3.63, 3.8) is 0 Å². The van der Waals surface area contributed by atoms with Crippen LogP contribution in [-0.4, -0.2) is 69.5 Å². The number of sulfone groups is 1. The number of hydrogen-bond donors (Lipinski definition) is 0. The molecular weight excluding hydrogens is 498 g/mol. The van der Waals surface area contributed by atoms with E-state index >= 15 is 0 Å². The topological polar surface area (TPSA) is 136 Å². The average molecular weight is 528 g/mol. The van der Waals surface area contributed by atoms with Gasteiger partial charge in [-0.1, -0.05) is 13.0 Å². The highest BCUT2D eigenvalue weighted by molar-refractivity contribution is 7.91. The Balaban J connectivity index is 1.79. The van der Waals surface area contributed by atoms with Gasteiger partial charge >= 0.3 is 0 Å². The van der Waals surface area contributed by atoms with Gasteiger partial charge in [-0.05, 0) is 25.1 Å². The summed E-state index contributed by atoms with van der Waals surface area (Å²) in [4.78, 5) is 8.54. The molecule has 12 nitrogen and oxygen atoms in total. The van der Waals surface area contributed by atoms with E-state index in [1.807, 2.05) is 0 Å². The molecule has 196 valence electrons. The van der Waals surface area contributed by atoms with Gasteiger partial charge in [-0.25, -0.2) is 18.4 Å². The van der Waals surface area contributed by atoms with Crippen molar-refractivity contribution in [2.75, 3.05) is 21.3 Å². The lowest BCUT2D eigenvalue weighted by Gasteiger charge is -2.20. The van der Waals surface area contributed by atoms with Crippen molar-refractivity contribution < 1.29 is 22.6 Å². The molecule has 3 aromatic heterocycles. The van der Waals surface area contributed by atoms with E-state index in [4.69, 9.17) is 14.2 Å². The number of benzene rings is 1. The second-order valence-corrected chi connectivity index (χ2v) is 10.8. The van der Waals surface area contributed by atoms with Crippen LogP contribution in [0.2, 0.25) is 0 Å². The fourth-order valence-corrected chi connectivity index (χ4v) is 5.45. The van der Waals surface area contributed by atoms with E-state index in [-0.39, 0.29) is 5.82 Å². The fourth-order valence-electron chi connectivity index (χ4n) is 3.90. The minimum atomic E-state index is -3.75. The van der Waals surface area contributed by atoms with Crippen molar-refractivity contribution in [1.29, 1.82) is 0 Å². The van der Waals surface area contributed by atoms with E-state index in [2.05, 4.69) is 25.3 Å². The van der Waals surface area contributed by atoms with Gasteiger partial charge < -0.3 is 14.2 Å². The van der Waals surface area contributed by atoms with E-state index < -0.39 is 26.8 Å². The smallest absolute Gasteiger partial charge is 0.189 e. The molecule has 0 saturated heterocycles. The summed E-state index contributed by atoms with van der Waals surface area (Å²) in [5.41, 5.74) is 0.988. The molecule has 0 fully saturated rings. The Bertz CT molecular complexity index is 1460. The molecule has 13 heteroatoms. The lowest BCUT2D eigenvalue weighted by atomic mass is 10.1. The van der Waals surface area contributed by atoms with Crippen LogP contribution in [-0.2, 0) is 22.6 Å². The van der Waals surface area contributed by atoms with Crippen molar-refractivity contribution in [3.8, 4) is 34.5 Å². The van der Waals surface area contributed by atoms with Gasteiger partial charge in [-0.2, -0.15) is 5.10 Å². The molecule has 0 radical (unpaired) electrons. The zero-order valence-electron chi connectivity index (χ0n) is 21.5. The number of methoxy groups -OCH3 is 3. The summed E-state index contributed by atoms with van der Waals surface area (Å²) < 4.78 is 46.8. The summed E-state index contributed by atoms with van der Waals surface area (Å²) in [6.07, 6.45) is 4.80. The number of ether oxygens (including phenoxy) is 3. The number of nitrogens with zero attached hydrogens (tertiary/aromatic N) is 7. The van der Waals surface area contributed by atoms with E-state index in [1.54, 1.807) is 60.6 Å². The van der Waals surface area contributed by atoms with Crippen LogP contribution < -0.4 is 14.2 Å². The van der Waals surface area contributed by atoms with Crippen molar-refractivity contribution in [3.05, 3.63) is 54.5 Å². The summed E-state index contributed by atoms with van der Waals surface area (Å²) in [6, 6.07) is 7.06. The van der Waals surface area contributed by atoms with Gasteiger partial charge in [0.2, 0.25) is 0 Å². The minimum absolute atomic E-state index is 0.193. The third-order valence-electron chi connectivity index (χ3n) is 6.19. The quantitative estimate of drug-likeness (QED) is 0.303. The predicted molar refractivity (Wildman–Crippen MR) is 136 cm³/mol. The highest BCUT2D eigenvalue weighted by Crippen LogP contribution is 2.36. The van der Waals surface area contributed by atoms with Crippen LogP contribution in [0.3, 0.4) is 0 Å². The molecule has 0 saturated carbocycles. The van der Waals surface area contributed by atoms with E-state index in [9.17, 15) is 8.42 Å². The maximum atomic E-state index is 13.6. The Morgan fingerprint density at radius 3 is 2.14 bits per heavy atom. The van der Waals surface area contributed by atoms with E-state index in [1.165, 1.54) is 33.7 Å². The van der Waals surface area contributed by atoms with E-state index in [0.717, 1.165) is 0 Å². The lowest BCUT2D eigenvalue weighted by Crippen LogP contribution is -2.27. The standard InChI is InChI=1S/C24H29N7O5S/c1-15(23-25-12-17(34-4)13-26-23)16(2)37(32,33)14-21-27-28-24(18-10-11-30(3)29-18)31(21)22-19(35-5)8-7-9-20(22)36-6/h7-13,15-16H,14H2,1-6H3/t15-,16-/m0/s1. The summed E-state index contributed by atoms with van der Waals surface area (Å²) in [5, 5.41) is 12.2. The van der Waals surface area contributed by atoms with Gasteiger partial charge in [0, 0.05) is 19.2 Å². The Labute approximate surface area is 215 Å². The summed E-state index contributed by atoms with van der Waals surface area (Å²) >= 11 is 0. The van der Waals surface area contributed by atoms with Crippen molar-refractivity contribution in [1.82, 2.24) is 34.5 Å². The zero-order chi connectivity index (χ0) is 26.7. The molecule has 0 aliphatic carbocycles. The SMILES string of the molecule is COc1cnc([C@@H](C)[C@H](C)S(=O)(=O)Cc2nnc(-c3ccn(C)n3)n2-c2c(OC)cccc2OC)nc1. The second-order valence-electron chi connectivity index (χ2n) is 8.44. The number of hydrogen-bond acceptors (Lipinski definition) is 10. The summed E-state index contributed by atoms with van der Waals surface area (Å²) in [6.45, 7) is 3.41. The first-order chi connectivity index (χ1) is 17.7. The van der Waals surface area contributed by atoms with Crippen LogP contribution in [0.1, 0.15) is 31.4 Å². The minimum Gasteiger partial charge on any atom is -0.494 e. The van der Waals surface area contributed by atoms with Gasteiger partial charge in [0.1, 0.15) is 34.5 Å². The molecule has 1 aromatic carbocycles. The molecule has 0 spiro atoms. The van der Waals surface area contributed by atoms with Crippen LogP contribution >= 0.6 is 0 Å². The molecule has 0 unspecified atom stereocenters. The van der Waals surface area contributed by atoms with Gasteiger partial charge in [-0.3, -0.25) is 9.25 Å². The van der Waals surface area contributed by atoms with Crippen LogP contribution in [0, 0.1) is 0 Å². The van der Waals surface area contributed by atoms with Crippen LogP contribution in [0.25, 0.3) is 17.2 Å². The van der Waals surface area contributed by atoms with Crippen molar-refractivity contribution in [2.24, 2.45) is 7.05 Å². The number of para-hydroxylation sites is 1. The molecule has 37 heavy (non-hydrogen) atoms. The second kappa shape index (κ2) is 10.5. The van der Waals surface area contributed by atoms with Gasteiger partial charge in [-0.15, -0.1) is 10.2 Å². The molecule has 2 atom stereocenters. The average Bonchev–Trinajstić information content (AvgIpc) is 3.52. The first kappa shape index (κ1) is 26.1. The molecule has 0 bridgehead atoms. The predicted octanol–water partition coefficient (Wildman–Crippen LogP) is 2.59. The lowest BCUT2D eigenvalue weighted by molar-refractivity contribution is 0.390. The summed E-state index contributed by atoms with van der Waals surface area (Å²) in [5.74, 6) is 1.49. The molecule has 0 amide bonds. The fraction of sp³-hybridized carbons (Fsp3) is 0.375. The normalized spacial score (nSPS) is 13.2. The van der Waals surface area contributed by atoms with Gasteiger partial charge in [0.15, 0.2) is 27.2 Å². The molecule has 0 aliphatic rings. The first-order valence-electron chi connectivity index (χ1n) is 11.4. The Hall–Kier alpha value is -4.00. The first-order valence-corrected chi connectivity index (χ1v) is 13.1. The van der Waals surface area contributed by atoms with Crippen LogP contribution in [0.4, 0.5) is 0 Å². The van der Waals surface area contributed by atoms with Gasteiger partial charge in [0.05, 0.1) is 39.0 Å². The van der Waals surface area contributed by atoms with Crippen LogP contribution in [0.5, 0.6) is 17.2 Å². The van der Waals surface area contributed by atoms with Crippen LogP contribution in [0.15, 0.2) is 42.9 Å². The molecule has 3 heterocycles. The largest absolute Gasteiger partial charge is 0.494 e. The number of aromatic nitrogens is 7. The third kappa shape index (κ3) is 5.12. The van der Waals surface area contributed by atoms with Gasteiger partial charge in [0.25, 0.3) is 0 Å². The maximum Gasteiger partial charge on any atom is 0.189 e. The monoisotopic (exact) mass is 527 g/mol. The Kier molecular flexibility index (Phi) is 7.43. The maximum absolute atomic E-state index is 13.6.